The van der Waals surface area contributed by atoms with Crippen LogP contribution in [0.5, 0.6) is 5.75 Å². The molecule has 24 heavy (non-hydrogen) atoms. The molecule has 1 aromatic heterocycles. The van der Waals surface area contributed by atoms with Gasteiger partial charge in [-0.3, -0.25) is 14.6 Å². The topological polar surface area (TPSA) is 80.3 Å². The summed E-state index contributed by atoms with van der Waals surface area (Å²) >= 11 is 0. The van der Waals surface area contributed by atoms with E-state index in [0.29, 0.717) is 29.1 Å². The molecule has 0 saturated carbocycles. The number of carbonyl (C=O) groups is 2. The van der Waals surface area contributed by atoms with E-state index >= 15 is 0 Å². The van der Waals surface area contributed by atoms with Gasteiger partial charge in [0.25, 0.3) is 0 Å². The Morgan fingerprint density at radius 3 is 2.67 bits per heavy atom. The number of anilines is 2. The van der Waals surface area contributed by atoms with Gasteiger partial charge in [-0.15, -0.1) is 0 Å². The molecule has 0 atom stereocenters. The molecule has 2 rings (SSSR count). The van der Waals surface area contributed by atoms with Crippen molar-refractivity contribution >= 4 is 23.2 Å². The summed E-state index contributed by atoms with van der Waals surface area (Å²) in [6, 6.07) is 6.28. The third-order valence-corrected chi connectivity index (χ3v) is 3.20. The second-order valence-electron chi connectivity index (χ2n) is 5.16. The maximum atomic E-state index is 13.1. The summed E-state index contributed by atoms with van der Waals surface area (Å²) in [5.74, 6) is -0.420. The van der Waals surface area contributed by atoms with E-state index in [1.165, 1.54) is 26.3 Å². The molecule has 2 N–H and O–H groups in total. The Labute approximate surface area is 139 Å². The maximum absolute atomic E-state index is 13.1. The number of ether oxygens (including phenoxy) is 1. The molecule has 0 aliphatic carbocycles. The molecule has 0 unspecified atom stereocenters. The minimum Gasteiger partial charge on any atom is -0.495 e. The Balaban J connectivity index is 2.03. The Hall–Kier alpha value is -2.96. The van der Waals surface area contributed by atoms with E-state index in [-0.39, 0.29) is 18.2 Å². The number of nitrogens with zero attached hydrogens (tertiary/aromatic N) is 1. The number of hydrogen-bond acceptors (Lipinski definition) is 4. The van der Waals surface area contributed by atoms with Crippen LogP contribution in [0.3, 0.4) is 0 Å². The highest BCUT2D eigenvalue weighted by Gasteiger charge is 2.10. The van der Waals surface area contributed by atoms with Crippen molar-refractivity contribution in [1.29, 1.82) is 0 Å². The number of rotatable bonds is 6. The zero-order valence-corrected chi connectivity index (χ0v) is 13.4. The molecular formula is C17H18FN3O3. The number of benzene rings is 1. The van der Waals surface area contributed by atoms with Gasteiger partial charge < -0.3 is 15.4 Å². The lowest BCUT2D eigenvalue weighted by Crippen LogP contribution is -2.14. The Bertz CT molecular complexity index is 750. The molecular weight excluding hydrogens is 313 g/mol. The van der Waals surface area contributed by atoms with Crippen LogP contribution in [0.25, 0.3) is 0 Å². The molecule has 6 nitrogen and oxygen atoms in total. The average molecular weight is 331 g/mol. The zero-order valence-electron chi connectivity index (χ0n) is 13.4. The van der Waals surface area contributed by atoms with Gasteiger partial charge in [-0.05, 0) is 36.2 Å². The molecule has 0 bridgehead atoms. The summed E-state index contributed by atoms with van der Waals surface area (Å²) in [5, 5.41) is 5.37. The van der Waals surface area contributed by atoms with Crippen molar-refractivity contribution in [2.24, 2.45) is 0 Å². The van der Waals surface area contributed by atoms with Gasteiger partial charge in [0.15, 0.2) is 0 Å². The monoisotopic (exact) mass is 331 g/mol. The van der Waals surface area contributed by atoms with E-state index in [1.54, 1.807) is 18.2 Å². The third kappa shape index (κ3) is 5.05. The molecule has 0 fully saturated rings. The Kier molecular flexibility index (Phi) is 5.83. The van der Waals surface area contributed by atoms with Crippen molar-refractivity contribution in [2.75, 3.05) is 17.7 Å². The van der Waals surface area contributed by atoms with Gasteiger partial charge in [0.05, 0.1) is 19.0 Å². The largest absolute Gasteiger partial charge is 0.495 e. The van der Waals surface area contributed by atoms with Gasteiger partial charge in [0.1, 0.15) is 11.6 Å². The molecule has 2 amide bonds. The predicted molar refractivity (Wildman–Crippen MR) is 88.4 cm³/mol. The summed E-state index contributed by atoms with van der Waals surface area (Å²) in [5.41, 5.74) is 1.64. The van der Waals surface area contributed by atoms with Crippen LogP contribution in [0.1, 0.15) is 18.9 Å². The van der Waals surface area contributed by atoms with Crippen LogP contribution in [0.2, 0.25) is 0 Å². The number of aryl methyl sites for hydroxylation is 1. The van der Waals surface area contributed by atoms with E-state index in [9.17, 15) is 14.0 Å². The number of pyridine rings is 1. The first-order valence-electron chi connectivity index (χ1n) is 7.33. The standard InChI is InChI=1S/C17H18FN3O3/c1-11(22)20-14-4-5-16(24-2)15(8-14)21-17(23)6-3-12-7-13(18)10-19-9-12/h4-5,7-10H,3,6H2,1-2H3,(H,20,22)(H,21,23). The Morgan fingerprint density at radius 2 is 2.00 bits per heavy atom. The van der Waals surface area contributed by atoms with E-state index in [0.717, 1.165) is 6.20 Å². The van der Waals surface area contributed by atoms with Crippen LogP contribution in [0.4, 0.5) is 15.8 Å². The lowest BCUT2D eigenvalue weighted by molar-refractivity contribution is -0.116. The fraction of sp³-hybridized carbons (Fsp3) is 0.235. The molecule has 2 aromatic rings. The highest BCUT2D eigenvalue weighted by Crippen LogP contribution is 2.28. The minimum atomic E-state index is -0.433. The van der Waals surface area contributed by atoms with E-state index in [1.807, 2.05) is 0 Å². The van der Waals surface area contributed by atoms with Gasteiger partial charge in [-0.25, -0.2) is 4.39 Å². The number of nitrogens with one attached hydrogen (secondary N) is 2. The fourth-order valence-corrected chi connectivity index (χ4v) is 2.15. The summed E-state index contributed by atoms with van der Waals surface area (Å²) in [6.45, 7) is 1.40. The first-order chi connectivity index (χ1) is 11.5. The van der Waals surface area contributed by atoms with Crippen molar-refractivity contribution in [3.63, 3.8) is 0 Å². The fourth-order valence-electron chi connectivity index (χ4n) is 2.15. The van der Waals surface area contributed by atoms with Gasteiger partial charge in [0.2, 0.25) is 11.8 Å². The van der Waals surface area contributed by atoms with Crippen LogP contribution in [0.15, 0.2) is 36.7 Å². The van der Waals surface area contributed by atoms with E-state index in [2.05, 4.69) is 15.6 Å². The lowest BCUT2D eigenvalue weighted by Gasteiger charge is -2.12. The Morgan fingerprint density at radius 1 is 1.21 bits per heavy atom. The second-order valence-corrected chi connectivity index (χ2v) is 5.16. The first-order valence-corrected chi connectivity index (χ1v) is 7.33. The van der Waals surface area contributed by atoms with Crippen molar-refractivity contribution < 1.29 is 18.7 Å². The molecule has 0 radical (unpaired) electrons. The van der Waals surface area contributed by atoms with Crippen molar-refractivity contribution in [1.82, 2.24) is 4.98 Å². The van der Waals surface area contributed by atoms with Gasteiger partial charge in [-0.2, -0.15) is 0 Å². The van der Waals surface area contributed by atoms with Gasteiger partial charge >= 0.3 is 0 Å². The average Bonchev–Trinajstić information content (AvgIpc) is 2.53. The third-order valence-electron chi connectivity index (χ3n) is 3.20. The highest BCUT2D eigenvalue weighted by atomic mass is 19.1. The maximum Gasteiger partial charge on any atom is 0.224 e. The number of methoxy groups -OCH3 is 1. The van der Waals surface area contributed by atoms with E-state index < -0.39 is 5.82 Å². The summed E-state index contributed by atoms with van der Waals surface area (Å²) < 4.78 is 18.3. The highest BCUT2D eigenvalue weighted by molar-refractivity contribution is 5.95. The zero-order chi connectivity index (χ0) is 17.5. The van der Waals surface area contributed by atoms with Gasteiger partial charge in [-0.1, -0.05) is 0 Å². The molecule has 0 spiro atoms. The lowest BCUT2D eigenvalue weighted by atomic mass is 10.1. The molecule has 0 saturated heterocycles. The molecule has 7 heteroatoms. The second kappa shape index (κ2) is 8.05. The van der Waals surface area contributed by atoms with Crippen molar-refractivity contribution in [3.8, 4) is 5.75 Å². The SMILES string of the molecule is COc1ccc(NC(C)=O)cc1NC(=O)CCc1cncc(F)c1. The molecule has 0 aliphatic heterocycles. The smallest absolute Gasteiger partial charge is 0.224 e. The van der Waals surface area contributed by atoms with Crippen LogP contribution in [-0.4, -0.2) is 23.9 Å². The molecule has 126 valence electrons. The van der Waals surface area contributed by atoms with Gasteiger partial charge in [0, 0.05) is 25.2 Å². The molecule has 1 heterocycles. The van der Waals surface area contributed by atoms with Crippen LogP contribution in [0, 0.1) is 5.82 Å². The molecule has 1 aromatic carbocycles. The summed E-state index contributed by atoms with van der Waals surface area (Å²) in [7, 11) is 1.49. The van der Waals surface area contributed by atoms with E-state index in [4.69, 9.17) is 4.74 Å². The first kappa shape index (κ1) is 17.4. The predicted octanol–water partition coefficient (Wildman–Crippen LogP) is 2.76. The summed E-state index contributed by atoms with van der Waals surface area (Å²) in [4.78, 5) is 27.0. The number of hydrogen-bond donors (Lipinski definition) is 2. The van der Waals surface area contributed by atoms with Crippen molar-refractivity contribution in [2.45, 2.75) is 19.8 Å². The number of carbonyl (C=O) groups excluding carboxylic acids is 2. The number of halogens is 1. The van der Waals surface area contributed by atoms with Crippen LogP contribution < -0.4 is 15.4 Å². The number of aromatic nitrogens is 1. The quantitative estimate of drug-likeness (QED) is 0.853. The number of amides is 2. The van der Waals surface area contributed by atoms with Crippen LogP contribution >= 0.6 is 0 Å². The van der Waals surface area contributed by atoms with Crippen molar-refractivity contribution in [3.05, 3.63) is 48.0 Å². The normalized spacial score (nSPS) is 10.1. The minimum absolute atomic E-state index is 0.165. The molecule has 0 aliphatic rings. The van der Waals surface area contributed by atoms with Crippen LogP contribution in [-0.2, 0) is 16.0 Å². The summed E-state index contributed by atoms with van der Waals surface area (Å²) in [6.07, 6.45) is 3.17.